The molecule has 0 fully saturated rings. The molecule has 0 saturated carbocycles. The van der Waals surface area contributed by atoms with Crippen LogP contribution in [0.1, 0.15) is 19.8 Å². The minimum absolute atomic E-state index is 0.724. The van der Waals surface area contributed by atoms with E-state index in [1.165, 1.54) is 12.8 Å². The highest BCUT2D eigenvalue weighted by Crippen LogP contribution is 1.80. The van der Waals surface area contributed by atoms with E-state index in [1.807, 2.05) is 0 Å². The van der Waals surface area contributed by atoms with Gasteiger partial charge in [0, 0.05) is 13.1 Å². The standard InChI is InChI=1S/C7H16N2O/c1-2-3-4-8-5-6-9-7-10/h7-8H,2-6H2,1H3,(H,9,10). The van der Waals surface area contributed by atoms with Crippen LogP contribution in [0.25, 0.3) is 0 Å². The van der Waals surface area contributed by atoms with Crippen molar-refractivity contribution < 1.29 is 4.79 Å². The fraction of sp³-hybridized carbons (Fsp3) is 0.857. The predicted octanol–water partition coefficient (Wildman–Crippen LogP) is 0.122. The van der Waals surface area contributed by atoms with Crippen LogP contribution in [0.2, 0.25) is 0 Å². The molecule has 1 amide bonds. The molecule has 0 aliphatic rings. The lowest BCUT2D eigenvalue weighted by atomic mass is 10.3. The van der Waals surface area contributed by atoms with Gasteiger partial charge in [-0.1, -0.05) is 13.3 Å². The van der Waals surface area contributed by atoms with Gasteiger partial charge in [0.2, 0.25) is 6.41 Å². The van der Waals surface area contributed by atoms with E-state index in [4.69, 9.17) is 0 Å². The van der Waals surface area contributed by atoms with Crippen molar-refractivity contribution in [3.05, 3.63) is 0 Å². The van der Waals surface area contributed by atoms with Crippen LogP contribution in [-0.2, 0) is 4.79 Å². The lowest BCUT2D eigenvalue weighted by molar-refractivity contribution is -0.109. The first-order valence-electron chi connectivity index (χ1n) is 3.79. The van der Waals surface area contributed by atoms with Crippen LogP contribution in [0.5, 0.6) is 0 Å². The van der Waals surface area contributed by atoms with E-state index in [0.717, 1.165) is 26.0 Å². The Morgan fingerprint density at radius 1 is 1.30 bits per heavy atom. The van der Waals surface area contributed by atoms with E-state index in [0.29, 0.717) is 0 Å². The molecule has 0 radical (unpaired) electrons. The van der Waals surface area contributed by atoms with Crippen molar-refractivity contribution in [1.29, 1.82) is 0 Å². The van der Waals surface area contributed by atoms with Crippen molar-refractivity contribution >= 4 is 6.41 Å². The van der Waals surface area contributed by atoms with Crippen molar-refractivity contribution in [3.63, 3.8) is 0 Å². The molecule has 0 aliphatic carbocycles. The number of rotatable bonds is 7. The van der Waals surface area contributed by atoms with Gasteiger partial charge in [0.1, 0.15) is 0 Å². The zero-order valence-corrected chi connectivity index (χ0v) is 6.52. The molecule has 0 aromatic rings. The molecule has 0 unspecified atom stereocenters. The number of nitrogens with one attached hydrogen (secondary N) is 2. The van der Waals surface area contributed by atoms with E-state index in [2.05, 4.69) is 17.6 Å². The van der Waals surface area contributed by atoms with Gasteiger partial charge in [-0.15, -0.1) is 0 Å². The summed E-state index contributed by atoms with van der Waals surface area (Å²) in [6.07, 6.45) is 3.15. The number of unbranched alkanes of at least 4 members (excludes halogenated alkanes) is 1. The summed E-state index contributed by atoms with van der Waals surface area (Å²) >= 11 is 0. The molecule has 0 saturated heterocycles. The van der Waals surface area contributed by atoms with E-state index in [1.54, 1.807) is 0 Å². The van der Waals surface area contributed by atoms with Gasteiger partial charge in [0.05, 0.1) is 0 Å². The fourth-order valence-electron chi connectivity index (χ4n) is 0.646. The van der Waals surface area contributed by atoms with Gasteiger partial charge < -0.3 is 10.6 Å². The molecule has 2 N–H and O–H groups in total. The smallest absolute Gasteiger partial charge is 0.207 e. The van der Waals surface area contributed by atoms with Crippen molar-refractivity contribution in [2.45, 2.75) is 19.8 Å². The quantitative estimate of drug-likeness (QED) is 0.393. The Balaban J connectivity index is 2.70. The maximum atomic E-state index is 9.75. The zero-order valence-electron chi connectivity index (χ0n) is 6.52. The Morgan fingerprint density at radius 3 is 2.70 bits per heavy atom. The van der Waals surface area contributed by atoms with E-state index >= 15 is 0 Å². The Labute approximate surface area is 62.2 Å². The largest absolute Gasteiger partial charge is 0.357 e. The molecule has 0 aromatic carbocycles. The molecule has 0 atom stereocenters. The molecular formula is C7H16N2O. The lowest BCUT2D eigenvalue weighted by Gasteiger charge is -2.01. The summed E-state index contributed by atoms with van der Waals surface area (Å²) < 4.78 is 0. The summed E-state index contributed by atoms with van der Waals surface area (Å²) in [4.78, 5) is 9.75. The number of carbonyl (C=O) groups excluding carboxylic acids is 1. The van der Waals surface area contributed by atoms with Gasteiger partial charge in [0.15, 0.2) is 0 Å². The van der Waals surface area contributed by atoms with Crippen LogP contribution in [0.15, 0.2) is 0 Å². The van der Waals surface area contributed by atoms with Gasteiger partial charge in [-0.2, -0.15) is 0 Å². The van der Waals surface area contributed by atoms with Gasteiger partial charge in [-0.3, -0.25) is 4.79 Å². The summed E-state index contributed by atoms with van der Waals surface area (Å²) in [7, 11) is 0. The minimum Gasteiger partial charge on any atom is -0.357 e. The molecule has 60 valence electrons. The molecule has 10 heavy (non-hydrogen) atoms. The van der Waals surface area contributed by atoms with Crippen molar-refractivity contribution in [3.8, 4) is 0 Å². The third kappa shape index (κ3) is 7.43. The summed E-state index contributed by atoms with van der Waals surface area (Å²) in [5.74, 6) is 0. The third-order valence-electron chi connectivity index (χ3n) is 1.24. The maximum Gasteiger partial charge on any atom is 0.207 e. The highest BCUT2D eigenvalue weighted by molar-refractivity contribution is 5.45. The summed E-state index contributed by atoms with van der Waals surface area (Å²) in [6.45, 7) is 4.81. The van der Waals surface area contributed by atoms with Crippen molar-refractivity contribution in [1.82, 2.24) is 10.6 Å². The number of carbonyl (C=O) groups is 1. The van der Waals surface area contributed by atoms with Crippen LogP contribution < -0.4 is 10.6 Å². The molecule has 0 rings (SSSR count). The molecular weight excluding hydrogens is 128 g/mol. The molecule has 0 spiro atoms. The first-order valence-corrected chi connectivity index (χ1v) is 3.79. The number of hydrogen-bond acceptors (Lipinski definition) is 2. The summed E-state index contributed by atoms with van der Waals surface area (Å²) in [5.41, 5.74) is 0. The Kier molecular flexibility index (Phi) is 7.95. The second kappa shape index (κ2) is 8.43. The van der Waals surface area contributed by atoms with Crippen LogP contribution in [0.3, 0.4) is 0 Å². The summed E-state index contributed by atoms with van der Waals surface area (Å²) in [5, 5.41) is 5.78. The average molecular weight is 144 g/mol. The highest BCUT2D eigenvalue weighted by Gasteiger charge is 1.83. The Hall–Kier alpha value is -0.570. The molecule has 0 heterocycles. The summed E-state index contributed by atoms with van der Waals surface area (Å²) in [6, 6.07) is 0. The second-order valence-electron chi connectivity index (χ2n) is 2.18. The maximum absolute atomic E-state index is 9.75. The van der Waals surface area contributed by atoms with Crippen molar-refractivity contribution in [2.75, 3.05) is 19.6 Å². The fourth-order valence-corrected chi connectivity index (χ4v) is 0.646. The van der Waals surface area contributed by atoms with Gasteiger partial charge in [-0.05, 0) is 13.0 Å². The minimum atomic E-state index is 0.724. The number of hydrogen-bond donors (Lipinski definition) is 2. The van der Waals surface area contributed by atoms with Gasteiger partial charge in [0.25, 0.3) is 0 Å². The van der Waals surface area contributed by atoms with E-state index in [-0.39, 0.29) is 0 Å². The van der Waals surface area contributed by atoms with Crippen LogP contribution >= 0.6 is 0 Å². The van der Waals surface area contributed by atoms with E-state index < -0.39 is 0 Å². The Bertz CT molecular complexity index is 76.0. The Morgan fingerprint density at radius 2 is 2.10 bits per heavy atom. The van der Waals surface area contributed by atoms with Crippen molar-refractivity contribution in [2.24, 2.45) is 0 Å². The van der Waals surface area contributed by atoms with Gasteiger partial charge >= 0.3 is 0 Å². The predicted molar refractivity (Wildman–Crippen MR) is 41.8 cm³/mol. The second-order valence-corrected chi connectivity index (χ2v) is 2.18. The molecule has 3 nitrogen and oxygen atoms in total. The SMILES string of the molecule is CCCCNCCNC=O. The lowest BCUT2D eigenvalue weighted by Crippen LogP contribution is -2.26. The average Bonchev–Trinajstić information content (AvgIpc) is 1.97. The molecule has 3 heteroatoms. The monoisotopic (exact) mass is 144 g/mol. The first kappa shape index (κ1) is 9.43. The van der Waals surface area contributed by atoms with Gasteiger partial charge in [-0.25, -0.2) is 0 Å². The highest BCUT2D eigenvalue weighted by atomic mass is 16.1. The normalized spacial score (nSPS) is 9.30. The topological polar surface area (TPSA) is 41.1 Å². The zero-order chi connectivity index (χ0) is 7.66. The number of amides is 1. The third-order valence-corrected chi connectivity index (χ3v) is 1.24. The van der Waals surface area contributed by atoms with E-state index in [9.17, 15) is 4.79 Å². The van der Waals surface area contributed by atoms with Crippen LogP contribution in [0.4, 0.5) is 0 Å². The molecule has 0 aliphatic heterocycles. The first-order chi connectivity index (χ1) is 4.91. The van der Waals surface area contributed by atoms with Crippen LogP contribution in [-0.4, -0.2) is 26.0 Å². The molecule has 0 aromatic heterocycles. The van der Waals surface area contributed by atoms with Crippen LogP contribution in [0, 0.1) is 0 Å². The molecule has 0 bridgehead atoms.